The first-order chi connectivity index (χ1) is 10.7. The van der Waals surface area contributed by atoms with Gasteiger partial charge in [-0.15, -0.1) is 0 Å². The zero-order valence-corrected chi connectivity index (χ0v) is 12.1. The van der Waals surface area contributed by atoms with Gasteiger partial charge in [-0.3, -0.25) is 9.59 Å². The predicted molar refractivity (Wildman–Crippen MR) is 76.9 cm³/mol. The van der Waals surface area contributed by atoms with Crippen molar-refractivity contribution in [2.75, 3.05) is 26.5 Å². The second kappa shape index (κ2) is 6.65. The Kier molecular flexibility index (Phi) is 4.43. The molecule has 1 fully saturated rings. The third kappa shape index (κ3) is 3.48. The summed E-state index contributed by atoms with van der Waals surface area (Å²) in [5.74, 6) is 0.594. The molecule has 1 saturated heterocycles. The summed E-state index contributed by atoms with van der Waals surface area (Å²) in [5, 5.41) is 5.33. The second-order valence-electron chi connectivity index (χ2n) is 5.19. The highest BCUT2D eigenvalue weighted by Crippen LogP contribution is 2.32. The van der Waals surface area contributed by atoms with Crippen LogP contribution in [0.4, 0.5) is 0 Å². The first kappa shape index (κ1) is 14.6. The maximum atomic E-state index is 12.0. The van der Waals surface area contributed by atoms with Gasteiger partial charge in [0.25, 0.3) is 5.91 Å². The number of carbonyl (C=O) groups excluding carboxylic acids is 2. The molecule has 1 aromatic rings. The Morgan fingerprint density at radius 1 is 1.18 bits per heavy atom. The molecule has 22 heavy (non-hydrogen) atoms. The van der Waals surface area contributed by atoms with Crippen LogP contribution in [-0.4, -0.2) is 44.4 Å². The highest BCUT2D eigenvalue weighted by molar-refractivity contribution is 5.97. The van der Waals surface area contributed by atoms with Crippen LogP contribution in [0, 0.1) is 0 Å². The average Bonchev–Trinajstić information content (AvgIpc) is 3.20. The lowest BCUT2D eigenvalue weighted by Crippen LogP contribution is -2.39. The molecule has 1 atom stereocenters. The number of hydrogen-bond acceptors (Lipinski definition) is 5. The van der Waals surface area contributed by atoms with Gasteiger partial charge in [0.2, 0.25) is 12.7 Å². The fraction of sp³-hybridized carbons (Fsp3) is 0.467. The summed E-state index contributed by atoms with van der Waals surface area (Å²) in [6, 6.07) is 4.91. The van der Waals surface area contributed by atoms with Crippen LogP contribution in [0.25, 0.3) is 0 Å². The van der Waals surface area contributed by atoms with Crippen molar-refractivity contribution in [3.05, 3.63) is 23.8 Å². The quantitative estimate of drug-likeness (QED) is 0.824. The summed E-state index contributed by atoms with van der Waals surface area (Å²) in [6.07, 6.45) is 2.08. The minimum absolute atomic E-state index is 0.0694. The number of hydrogen-bond donors (Lipinski definition) is 2. The fourth-order valence-corrected chi connectivity index (χ4v) is 2.40. The van der Waals surface area contributed by atoms with E-state index in [2.05, 4.69) is 10.6 Å². The third-order valence-corrected chi connectivity index (χ3v) is 3.60. The van der Waals surface area contributed by atoms with Crippen molar-refractivity contribution in [1.29, 1.82) is 0 Å². The number of benzene rings is 1. The van der Waals surface area contributed by atoms with Crippen molar-refractivity contribution in [3.63, 3.8) is 0 Å². The summed E-state index contributed by atoms with van der Waals surface area (Å²) in [7, 11) is 0. The van der Waals surface area contributed by atoms with Gasteiger partial charge in [-0.25, -0.2) is 0 Å². The highest BCUT2D eigenvalue weighted by Gasteiger charge is 2.18. The van der Waals surface area contributed by atoms with Crippen LogP contribution >= 0.6 is 0 Å². The van der Waals surface area contributed by atoms with E-state index in [4.69, 9.17) is 14.2 Å². The molecule has 1 unspecified atom stereocenters. The SMILES string of the molecule is O=C(CNC(=O)c1ccc2c(c1)OCO2)NCC1CCCO1. The van der Waals surface area contributed by atoms with Crippen LogP contribution < -0.4 is 20.1 Å². The van der Waals surface area contributed by atoms with Crippen molar-refractivity contribution in [3.8, 4) is 11.5 Å². The van der Waals surface area contributed by atoms with Gasteiger partial charge >= 0.3 is 0 Å². The van der Waals surface area contributed by atoms with Crippen molar-refractivity contribution in [1.82, 2.24) is 10.6 Å². The lowest BCUT2D eigenvalue weighted by Gasteiger charge is -2.11. The predicted octanol–water partition coefficient (Wildman–Crippen LogP) is 0.440. The Morgan fingerprint density at radius 3 is 2.86 bits per heavy atom. The van der Waals surface area contributed by atoms with Crippen molar-refractivity contribution < 1.29 is 23.8 Å². The molecule has 2 amide bonds. The monoisotopic (exact) mass is 306 g/mol. The number of ether oxygens (including phenoxy) is 3. The van der Waals surface area contributed by atoms with Crippen LogP contribution in [0.3, 0.4) is 0 Å². The molecule has 7 heteroatoms. The van der Waals surface area contributed by atoms with Gasteiger partial charge in [0.15, 0.2) is 11.5 Å². The minimum atomic E-state index is -0.328. The van der Waals surface area contributed by atoms with Crippen LogP contribution in [0.1, 0.15) is 23.2 Å². The highest BCUT2D eigenvalue weighted by atomic mass is 16.7. The van der Waals surface area contributed by atoms with E-state index < -0.39 is 0 Å². The molecular formula is C15H18N2O5. The first-order valence-electron chi connectivity index (χ1n) is 7.28. The van der Waals surface area contributed by atoms with Crippen LogP contribution in [0.2, 0.25) is 0 Å². The van der Waals surface area contributed by atoms with E-state index in [0.29, 0.717) is 23.6 Å². The fourth-order valence-electron chi connectivity index (χ4n) is 2.40. The van der Waals surface area contributed by atoms with Crippen molar-refractivity contribution >= 4 is 11.8 Å². The molecule has 2 aliphatic rings. The molecular weight excluding hydrogens is 288 g/mol. The van der Waals surface area contributed by atoms with Crippen molar-refractivity contribution in [2.45, 2.75) is 18.9 Å². The van der Waals surface area contributed by atoms with Gasteiger partial charge in [0.1, 0.15) is 0 Å². The maximum absolute atomic E-state index is 12.0. The number of nitrogens with one attached hydrogen (secondary N) is 2. The Bertz CT molecular complexity index is 569. The van der Waals surface area contributed by atoms with E-state index in [0.717, 1.165) is 19.4 Å². The zero-order chi connectivity index (χ0) is 15.4. The van der Waals surface area contributed by atoms with E-state index in [1.165, 1.54) is 0 Å². The lowest BCUT2D eigenvalue weighted by molar-refractivity contribution is -0.120. The smallest absolute Gasteiger partial charge is 0.251 e. The van der Waals surface area contributed by atoms with Gasteiger partial charge in [-0.2, -0.15) is 0 Å². The second-order valence-corrected chi connectivity index (χ2v) is 5.19. The third-order valence-electron chi connectivity index (χ3n) is 3.60. The Hall–Kier alpha value is -2.28. The molecule has 0 bridgehead atoms. The molecule has 3 rings (SSSR count). The molecule has 0 radical (unpaired) electrons. The molecule has 0 aromatic heterocycles. The molecule has 7 nitrogen and oxygen atoms in total. The van der Waals surface area contributed by atoms with E-state index >= 15 is 0 Å². The average molecular weight is 306 g/mol. The van der Waals surface area contributed by atoms with E-state index in [-0.39, 0.29) is 31.3 Å². The molecule has 118 valence electrons. The summed E-state index contributed by atoms with van der Waals surface area (Å²) in [5.41, 5.74) is 0.427. The molecule has 1 aromatic carbocycles. The molecule has 0 aliphatic carbocycles. The Morgan fingerprint density at radius 2 is 2.05 bits per heavy atom. The van der Waals surface area contributed by atoms with E-state index in [1.54, 1.807) is 18.2 Å². The largest absolute Gasteiger partial charge is 0.454 e. The van der Waals surface area contributed by atoms with Crippen molar-refractivity contribution in [2.24, 2.45) is 0 Å². The van der Waals surface area contributed by atoms with Gasteiger partial charge in [0, 0.05) is 18.7 Å². The van der Waals surface area contributed by atoms with Gasteiger partial charge in [-0.1, -0.05) is 0 Å². The summed E-state index contributed by atoms with van der Waals surface area (Å²) in [6.45, 7) is 1.33. The molecule has 0 spiro atoms. The molecule has 2 aliphatic heterocycles. The van der Waals surface area contributed by atoms with E-state index in [9.17, 15) is 9.59 Å². The topological polar surface area (TPSA) is 85.9 Å². The summed E-state index contributed by atoms with van der Waals surface area (Å²) < 4.78 is 15.8. The van der Waals surface area contributed by atoms with Crippen LogP contribution in [0.15, 0.2) is 18.2 Å². The Balaban J connectivity index is 1.44. The molecule has 0 saturated carbocycles. The zero-order valence-electron chi connectivity index (χ0n) is 12.1. The maximum Gasteiger partial charge on any atom is 0.251 e. The minimum Gasteiger partial charge on any atom is -0.454 e. The van der Waals surface area contributed by atoms with Gasteiger partial charge in [0.05, 0.1) is 12.6 Å². The summed E-state index contributed by atoms with van der Waals surface area (Å²) >= 11 is 0. The standard InChI is InChI=1S/C15H18N2O5/c18-14(16-7-11-2-1-5-20-11)8-17-15(19)10-3-4-12-13(6-10)22-9-21-12/h3-4,6,11H,1-2,5,7-9H2,(H,16,18)(H,17,19). The number of carbonyl (C=O) groups is 2. The number of fused-ring (bicyclic) bond motifs is 1. The molecule has 2 heterocycles. The van der Waals surface area contributed by atoms with E-state index in [1.807, 2.05) is 0 Å². The normalized spacial score (nSPS) is 19.0. The van der Waals surface area contributed by atoms with Gasteiger partial charge < -0.3 is 24.8 Å². The van der Waals surface area contributed by atoms with Crippen LogP contribution in [0.5, 0.6) is 11.5 Å². The Labute approximate surface area is 127 Å². The van der Waals surface area contributed by atoms with Crippen LogP contribution in [-0.2, 0) is 9.53 Å². The number of amides is 2. The first-order valence-corrected chi connectivity index (χ1v) is 7.28. The molecule has 2 N–H and O–H groups in total. The van der Waals surface area contributed by atoms with Gasteiger partial charge in [-0.05, 0) is 31.0 Å². The summed E-state index contributed by atoms with van der Waals surface area (Å²) in [4.78, 5) is 23.7. The number of rotatable bonds is 5. The lowest BCUT2D eigenvalue weighted by atomic mass is 10.2.